The molecule has 1 aromatic rings. The summed E-state index contributed by atoms with van der Waals surface area (Å²) in [5.74, 6) is 0.810. The standard InChI is InChI=1S/C10H13FO2/c1-2-7-12-10-5-3-9(4-6-10)8-13-11/h3-6H,2,7-8H2,1H3. The van der Waals surface area contributed by atoms with Crippen molar-refractivity contribution in [3.63, 3.8) is 0 Å². The van der Waals surface area contributed by atoms with Crippen molar-refractivity contribution in [1.82, 2.24) is 0 Å². The Morgan fingerprint density at radius 3 is 2.46 bits per heavy atom. The highest BCUT2D eigenvalue weighted by molar-refractivity contribution is 5.26. The van der Waals surface area contributed by atoms with Gasteiger partial charge in [0.15, 0.2) is 0 Å². The van der Waals surface area contributed by atoms with Crippen molar-refractivity contribution in [2.45, 2.75) is 20.0 Å². The van der Waals surface area contributed by atoms with Crippen LogP contribution in [-0.2, 0) is 11.5 Å². The van der Waals surface area contributed by atoms with E-state index in [-0.39, 0.29) is 6.61 Å². The highest BCUT2D eigenvalue weighted by atomic mass is 19.3. The molecular weight excluding hydrogens is 171 g/mol. The van der Waals surface area contributed by atoms with Crippen LogP contribution >= 0.6 is 0 Å². The first kappa shape index (κ1) is 9.99. The maximum absolute atomic E-state index is 11.5. The van der Waals surface area contributed by atoms with Crippen LogP contribution in [0.15, 0.2) is 24.3 Å². The summed E-state index contributed by atoms with van der Waals surface area (Å²) in [6, 6.07) is 7.18. The van der Waals surface area contributed by atoms with Gasteiger partial charge in [-0.3, -0.25) is 0 Å². The minimum absolute atomic E-state index is 0.00590. The molecule has 0 fully saturated rings. The van der Waals surface area contributed by atoms with Crippen LogP contribution in [0.1, 0.15) is 18.9 Å². The molecule has 13 heavy (non-hydrogen) atoms. The van der Waals surface area contributed by atoms with Gasteiger partial charge in [-0.15, -0.1) is 0 Å². The fraction of sp³-hybridized carbons (Fsp3) is 0.400. The van der Waals surface area contributed by atoms with Crippen LogP contribution in [-0.4, -0.2) is 6.61 Å². The molecule has 0 saturated heterocycles. The first-order chi connectivity index (χ1) is 6.36. The fourth-order valence-corrected chi connectivity index (χ4v) is 0.965. The summed E-state index contributed by atoms with van der Waals surface area (Å²) in [4.78, 5) is 3.51. The largest absolute Gasteiger partial charge is 0.494 e. The van der Waals surface area contributed by atoms with E-state index in [2.05, 4.69) is 4.94 Å². The third-order valence-corrected chi connectivity index (χ3v) is 1.62. The van der Waals surface area contributed by atoms with Crippen molar-refractivity contribution < 1.29 is 14.2 Å². The molecule has 0 heterocycles. The van der Waals surface area contributed by atoms with Gasteiger partial charge in [-0.25, -0.2) is 0 Å². The summed E-state index contributed by atoms with van der Waals surface area (Å²) in [6.45, 7) is 2.75. The Bertz CT molecular complexity index is 233. The summed E-state index contributed by atoms with van der Waals surface area (Å²) >= 11 is 0. The summed E-state index contributed by atoms with van der Waals surface area (Å²) in [7, 11) is 0. The van der Waals surface area contributed by atoms with E-state index in [1.807, 2.05) is 19.1 Å². The minimum atomic E-state index is -0.00590. The van der Waals surface area contributed by atoms with Crippen LogP contribution in [0.4, 0.5) is 4.53 Å². The molecule has 72 valence electrons. The van der Waals surface area contributed by atoms with Gasteiger partial charge >= 0.3 is 0 Å². The maximum Gasteiger partial charge on any atom is 0.119 e. The van der Waals surface area contributed by atoms with E-state index >= 15 is 0 Å². The van der Waals surface area contributed by atoms with Crippen molar-refractivity contribution in [2.24, 2.45) is 0 Å². The van der Waals surface area contributed by atoms with E-state index in [0.717, 1.165) is 17.7 Å². The van der Waals surface area contributed by atoms with Gasteiger partial charge in [-0.05, 0) is 28.6 Å². The lowest BCUT2D eigenvalue weighted by atomic mass is 10.2. The molecule has 0 bridgehead atoms. The van der Waals surface area contributed by atoms with Crippen LogP contribution in [0.2, 0.25) is 0 Å². The zero-order valence-electron chi connectivity index (χ0n) is 7.63. The van der Waals surface area contributed by atoms with E-state index in [1.165, 1.54) is 0 Å². The molecule has 0 aliphatic heterocycles. The van der Waals surface area contributed by atoms with Gasteiger partial charge in [0, 0.05) is 0 Å². The maximum atomic E-state index is 11.5. The third kappa shape index (κ3) is 3.42. The molecule has 1 rings (SSSR count). The van der Waals surface area contributed by atoms with E-state index in [0.29, 0.717) is 6.61 Å². The predicted octanol–water partition coefficient (Wildman–Crippen LogP) is 2.88. The SMILES string of the molecule is CCCOc1ccc(COF)cc1. The Hall–Kier alpha value is -1.09. The minimum Gasteiger partial charge on any atom is -0.494 e. The van der Waals surface area contributed by atoms with Gasteiger partial charge in [0.2, 0.25) is 0 Å². The van der Waals surface area contributed by atoms with Gasteiger partial charge in [-0.1, -0.05) is 19.1 Å². The molecule has 3 heteroatoms. The average Bonchev–Trinajstić information content (AvgIpc) is 2.17. The van der Waals surface area contributed by atoms with Crippen molar-refractivity contribution in [1.29, 1.82) is 0 Å². The van der Waals surface area contributed by atoms with E-state index < -0.39 is 0 Å². The number of hydrogen-bond donors (Lipinski definition) is 0. The fourth-order valence-electron chi connectivity index (χ4n) is 0.965. The van der Waals surface area contributed by atoms with E-state index in [9.17, 15) is 4.53 Å². The molecule has 0 atom stereocenters. The normalized spacial score (nSPS) is 10.0. The quantitative estimate of drug-likeness (QED) is 0.700. The molecule has 0 amide bonds. The first-order valence-corrected chi connectivity index (χ1v) is 4.32. The van der Waals surface area contributed by atoms with Gasteiger partial charge in [-0.2, -0.15) is 4.94 Å². The smallest absolute Gasteiger partial charge is 0.119 e. The van der Waals surface area contributed by atoms with E-state index in [4.69, 9.17) is 4.74 Å². The predicted molar refractivity (Wildman–Crippen MR) is 48.1 cm³/mol. The highest BCUT2D eigenvalue weighted by Gasteiger charge is 1.94. The number of benzene rings is 1. The molecular formula is C10H13FO2. The lowest BCUT2D eigenvalue weighted by Gasteiger charge is -2.04. The molecule has 2 nitrogen and oxygen atoms in total. The summed E-state index contributed by atoms with van der Waals surface area (Å²) in [5, 5.41) is 0. The molecule has 0 spiro atoms. The molecule has 0 aromatic heterocycles. The Balaban J connectivity index is 2.48. The summed E-state index contributed by atoms with van der Waals surface area (Å²) < 4.78 is 16.8. The Kier molecular flexibility index (Phi) is 4.26. The second kappa shape index (κ2) is 5.54. The summed E-state index contributed by atoms with van der Waals surface area (Å²) in [5.41, 5.74) is 0.798. The van der Waals surface area contributed by atoms with E-state index in [1.54, 1.807) is 12.1 Å². The van der Waals surface area contributed by atoms with Crippen LogP contribution in [0, 0.1) is 0 Å². The second-order valence-electron chi connectivity index (χ2n) is 2.75. The van der Waals surface area contributed by atoms with Crippen molar-refractivity contribution >= 4 is 0 Å². The molecule has 0 radical (unpaired) electrons. The zero-order valence-corrected chi connectivity index (χ0v) is 7.63. The number of rotatable bonds is 5. The third-order valence-electron chi connectivity index (χ3n) is 1.62. The number of ether oxygens (including phenoxy) is 1. The van der Waals surface area contributed by atoms with Crippen LogP contribution in [0.3, 0.4) is 0 Å². The lowest BCUT2D eigenvalue weighted by molar-refractivity contribution is -0.144. The summed E-state index contributed by atoms with van der Waals surface area (Å²) in [6.07, 6.45) is 0.981. The number of halogens is 1. The molecule has 0 N–H and O–H groups in total. The monoisotopic (exact) mass is 184 g/mol. The van der Waals surface area contributed by atoms with Gasteiger partial charge in [0.05, 0.1) is 6.61 Å². The first-order valence-electron chi connectivity index (χ1n) is 4.32. The average molecular weight is 184 g/mol. The highest BCUT2D eigenvalue weighted by Crippen LogP contribution is 2.12. The second-order valence-corrected chi connectivity index (χ2v) is 2.75. The molecule has 1 aromatic carbocycles. The lowest BCUT2D eigenvalue weighted by Crippen LogP contribution is -1.94. The van der Waals surface area contributed by atoms with Crippen molar-refractivity contribution in [2.75, 3.05) is 6.61 Å². The Morgan fingerprint density at radius 1 is 1.23 bits per heavy atom. The molecule has 0 saturated carbocycles. The molecule has 0 aliphatic rings. The van der Waals surface area contributed by atoms with Crippen molar-refractivity contribution in [3.8, 4) is 5.75 Å². The van der Waals surface area contributed by atoms with Gasteiger partial charge < -0.3 is 4.74 Å². The van der Waals surface area contributed by atoms with Crippen LogP contribution in [0.5, 0.6) is 5.75 Å². The topological polar surface area (TPSA) is 18.5 Å². The molecule has 0 aliphatic carbocycles. The zero-order chi connectivity index (χ0) is 9.52. The molecule has 0 unspecified atom stereocenters. The van der Waals surface area contributed by atoms with Gasteiger partial charge in [0.25, 0.3) is 0 Å². The Labute approximate surface area is 77.2 Å². The van der Waals surface area contributed by atoms with Crippen LogP contribution in [0.25, 0.3) is 0 Å². The van der Waals surface area contributed by atoms with Gasteiger partial charge in [0.1, 0.15) is 12.4 Å². The van der Waals surface area contributed by atoms with Crippen molar-refractivity contribution in [3.05, 3.63) is 29.8 Å². The Morgan fingerprint density at radius 2 is 1.92 bits per heavy atom. The number of hydrogen-bond acceptors (Lipinski definition) is 2. The van der Waals surface area contributed by atoms with Crippen LogP contribution < -0.4 is 4.74 Å².